The molecule has 0 spiro atoms. The second-order valence-electron chi connectivity index (χ2n) is 2.55. The van der Waals surface area contributed by atoms with E-state index in [0.717, 1.165) is 13.0 Å². The Kier molecular flexibility index (Phi) is 4.29. The van der Waals surface area contributed by atoms with Gasteiger partial charge in [0.05, 0.1) is 0 Å². The fourth-order valence-corrected chi connectivity index (χ4v) is 1.51. The number of benzene rings is 1. The molecule has 1 aromatic rings. The number of rotatable bonds is 4. The van der Waals surface area contributed by atoms with Crippen LogP contribution in [-0.2, 0) is 6.42 Å². The SMILES string of the molecule is NCNCCc1ccccc1Br. The van der Waals surface area contributed by atoms with E-state index in [1.54, 1.807) is 0 Å². The highest BCUT2D eigenvalue weighted by molar-refractivity contribution is 9.10. The van der Waals surface area contributed by atoms with Gasteiger partial charge in [-0.3, -0.25) is 0 Å². The first-order valence-corrected chi connectivity index (χ1v) is 4.78. The molecule has 0 heterocycles. The van der Waals surface area contributed by atoms with Crippen LogP contribution in [0.25, 0.3) is 0 Å². The quantitative estimate of drug-likeness (QED) is 0.606. The second kappa shape index (κ2) is 5.30. The predicted octanol–water partition coefficient (Wildman–Crippen LogP) is 1.50. The fraction of sp³-hybridized carbons (Fsp3) is 0.333. The lowest BCUT2D eigenvalue weighted by Crippen LogP contribution is -2.24. The van der Waals surface area contributed by atoms with Crippen molar-refractivity contribution in [2.24, 2.45) is 5.73 Å². The Hall–Kier alpha value is -0.380. The van der Waals surface area contributed by atoms with Crippen molar-refractivity contribution in [1.82, 2.24) is 5.32 Å². The van der Waals surface area contributed by atoms with Gasteiger partial charge in [0.1, 0.15) is 0 Å². The Bertz CT molecular complexity index is 238. The number of hydrogen-bond donors (Lipinski definition) is 2. The zero-order chi connectivity index (χ0) is 8.81. The molecule has 0 atom stereocenters. The van der Waals surface area contributed by atoms with Gasteiger partial charge in [-0.15, -0.1) is 0 Å². The Morgan fingerprint density at radius 2 is 2.08 bits per heavy atom. The molecule has 0 saturated heterocycles. The summed E-state index contributed by atoms with van der Waals surface area (Å²) in [6.07, 6.45) is 1.01. The van der Waals surface area contributed by atoms with Crippen LogP contribution in [-0.4, -0.2) is 13.2 Å². The molecule has 1 rings (SSSR count). The molecule has 0 amide bonds. The minimum Gasteiger partial charge on any atom is -0.318 e. The van der Waals surface area contributed by atoms with E-state index in [1.165, 1.54) is 10.0 Å². The summed E-state index contributed by atoms with van der Waals surface area (Å²) in [7, 11) is 0. The van der Waals surface area contributed by atoms with E-state index in [4.69, 9.17) is 5.73 Å². The van der Waals surface area contributed by atoms with E-state index >= 15 is 0 Å². The van der Waals surface area contributed by atoms with Gasteiger partial charge in [-0.1, -0.05) is 34.1 Å². The van der Waals surface area contributed by atoms with Gasteiger partial charge in [0, 0.05) is 17.7 Å². The van der Waals surface area contributed by atoms with E-state index < -0.39 is 0 Å². The highest BCUT2D eigenvalue weighted by Crippen LogP contribution is 2.15. The Morgan fingerprint density at radius 1 is 1.33 bits per heavy atom. The third kappa shape index (κ3) is 2.93. The van der Waals surface area contributed by atoms with Gasteiger partial charge in [0.2, 0.25) is 0 Å². The van der Waals surface area contributed by atoms with Crippen LogP contribution in [0.2, 0.25) is 0 Å². The second-order valence-corrected chi connectivity index (χ2v) is 3.40. The first-order chi connectivity index (χ1) is 5.84. The molecule has 0 aromatic heterocycles. The number of halogens is 1. The minimum absolute atomic E-state index is 0.546. The average molecular weight is 229 g/mol. The summed E-state index contributed by atoms with van der Waals surface area (Å²) in [6, 6.07) is 8.23. The summed E-state index contributed by atoms with van der Waals surface area (Å²) in [5, 5.41) is 3.08. The van der Waals surface area contributed by atoms with E-state index in [2.05, 4.69) is 33.4 Å². The number of nitrogens with one attached hydrogen (secondary N) is 1. The monoisotopic (exact) mass is 228 g/mol. The number of nitrogens with two attached hydrogens (primary N) is 1. The van der Waals surface area contributed by atoms with Crippen molar-refractivity contribution in [1.29, 1.82) is 0 Å². The Morgan fingerprint density at radius 3 is 2.75 bits per heavy atom. The lowest BCUT2D eigenvalue weighted by Gasteiger charge is -2.03. The molecular weight excluding hydrogens is 216 g/mol. The van der Waals surface area contributed by atoms with Crippen LogP contribution in [0.15, 0.2) is 28.7 Å². The van der Waals surface area contributed by atoms with Gasteiger partial charge in [0.25, 0.3) is 0 Å². The average Bonchev–Trinajstić information content (AvgIpc) is 2.09. The van der Waals surface area contributed by atoms with Gasteiger partial charge in [0.15, 0.2) is 0 Å². The molecule has 2 nitrogen and oxygen atoms in total. The molecule has 1 aromatic carbocycles. The van der Waals surface area contributed by atoms with E-state index in [-0.39, 0.29) is 0 Å². The molecule has 0 radical (unpaired) electrons. The van der Waals surface area contributed by atoms with Gasteiger partial charge in [-0.2, -0.15) is 0 Å². The van der Waals surface area contributed by atoms with E-state index in [9.17, 15) is 0 Å². The summed E-state index contributed by atoms with van der Waals surface area (Å²) in [6.45, 7) is 1.48. The van der Waals surface area contributed by atoms with Crippen molar-refractivity contribution >= 4 is 15.9 Å². The first-order valence-electron chi connectivity index (χ1n) is 3.99. The summed E-state index contributed by atoms with van der Waals surface area (Å²) >= 11 is 3.49. The highest BCUT2D eigenvalue weighted by Gasteiger charge is 1.96. The zero-order valence-electron chi connectivity index (χ0n) is 6.89. The topological polar surface area (TPSA) is 38.0 Å². The van der Waals surface area contributed by atoms with Crippen LogP contribution in [0, 0.1) is 0 Å². The van der Waals surface area contributed by atoms with Crippen molar-refractivity contribution in [2.75, 3.05) is 13.2 Å². The smallest absolute Gasteiger partial charge is 0.0428 e. The molecule has 3 heteroatoms. The molecule has 12 heavy (non-hydrogen) atoms. The first kappa shape index (κ1) is 9.71. The van der Waals surface area contributed by atoms with Crippen molar-refractivity contribution in [2.45, 2.75) is 6.42 Å². The third-order valence-electron chi connectivity index (χ3n) is 1.67. The lowest BCUT2D eigenvalue weighted by molar-refractivity contribution is 0.700. The van der Waals surface area contributed by atoms with Crippen LogP contribution in [0.5, 0.6) is 0 Å². The summed E-state index contributed by atoms with van der Waals surface area (Å²) < 4.78 is 1.17. The van der Waals surface area contributed by atoms with Gasteiger partial charge in [-0.25, -0.2) is 0 Å². The van der Waals surface area contributed by atoms with Crippen molar-refractivity contribution in [3.63, 3.8) is 0 Å². The maximum Gasteiger partial charge on any atom is 0.0428 e. The zero-order valence-corrected chi connectivity index (χ0v) is 8.47. The van der Waals surface area contributed by atoms with E-state index in [1.807, 2.05) is 12.1 Å². The third-order valence-corrected chi connectivity index (χ3v) is 2.45. The summed E-state index contributed by atoms with van der Waals surface area (Å²) in [5.74, 6) is 0. The molecule has 3 N–H and O–H groups in total. The summed E-state index contributed by atoms with van der Waals surface area (Å²) in [5.41, 5.74) is 6.63. The Balaban J connectivity index is 2.46. The molecule has 0 saturated carbocycles. The Labute approximate surface area is 81.3 Å². The van der Waals surface area contributed by atoms with Crippen LogP contribution in [0.3, 0.4) is 0 Å². The molecule has 66 valence electrons. The van der Waals surface area contributed by atoms with Crippen molar-refractivity contribution in [3.05, 3.63) is 34.3 Å². The van der Waals surface area contributed by atoms with E-state index in [0.29, 0.717) is 6.67 Å². The molecule has 0 fully saturated rings. The number of hydrogen-bond acceptors (Lipinski definition) is 2. The van der Waals surface area contributed by atoms with Crippen LogP contribution >= 0.6 is 15.9 Å². The maximum atomic E-state index is 5.31. The molecule has 0 aliphatic heterocycles. The van der Waals surface area contributed by atoms with Crippen molar-refractivity contribution in [3.8, 4) is 0 Å². The molecule has 0 unspecified atom stereocenters. The highest BCUT2D eigenvalue weighted by atomic mass is 79.9. The normalized spacial score (nSPS) is 10.2. The van der Waals surface area contributed by atoms with Gasteiger partial charge < -0.3 is 11.1 Å². The van der Waals surface area contributed by atoms with Crippen LogP contribution in [0.1, 0.15) is 5.56 Å². The van der Waals surface area contributed by atoms with Gasteiger partial charge >= 0.3 is 0 Å². The largest absolute Gasteiger partial charge is 0.318 e. The van der Waals surface area contributed by atoms with Crippen LogP contribution < -0.4 is 11.1 Å². The standard InChI is InChI=1S/C9H13BrN2/c10-9-4-2-1-3-8(9)5-6-12-7-11/h1-4,12H,5-7,11H2. The summed E-state index contributed by atoms with van der Waals surface area (Å²) in [4.78, 5) is 0. The molecular formula is C9H13BrN2. The molecule has 0 bridgehead atoms. The van der Waals surface area contributed by atoms with Gasteiger partial charge in [-0.05, 0) is 18.1 Å². The van der Waals surface area contributed by atoms with Crippen LogP contribution in [0.4, 0.5) is 0 Å². The maximum absolute atomic E-state index is 5.31. The molecule has 0 aliphatic carbocycles. The fourth-order valence-electron chi connectivity index (χ4n) is 1.03. The lowest BCUT2D eigenvalue weighted by atomic mass is 10.1. The van der Waals surface area contributed by atoms with Crippen molar-refractivity contribution < 1.29 is 0 Å². The minimum atomic E-state index is 0.546. The predicted molar refractivity (Wildman–Crippen MR) is 54.9 cm³/mol. The molecule has 0 aliphatic rings.